The van der Waals surface area contributed by atoms with Crippen LogP contribution in [0.15, 0.2) is 30.3 Å². The minimum Gasteiger partial charge on any atom is -0.384 e. The number of anilines is 3. The molecule has 0 radical (unpaired) electrons. The summed E-state index contributed by atoms with van der Waals surface area (Å²) < 4.78 is 6.11. The Morgan fingerprint density at radius 2 is 2.11 bits per heavy atom. The van der Waals surface area contributed by atoms with Crippen LogP contribution in [0.5, 0.6) is 0 Å². The Kier molecular flexibility index (Phi) is 4.32. The summed E-state index contributed by atoms with van der Waals surface area (Å²) in [5.41, 5.74) is 6.72. The molecule has 0 atom stereocenters. The van der Waals surface area contributed by atoms with Gasteiger partial charge in [0, 0.05) is 16.7 Å². The number of nitrogens with two attached hydrogens (primary N) is 1. The molecule has 0 unspecified atom stereocenters. The van der Waals surface area contributed by atoms with E-state index in [0.717, 1.165) is 9.26 Å². The lowest BCUT2D eigenvalue weighted by Crippen LogP contribution is -2.04. The monoisotopic (exact) mass is 356 g/mol. The van der Waals surface area contributed by atoms with Crippen molar-refractivity contribution in [2.45, 2.75) is 6.61 Å². The number of nitrogen functional groups attached to an aromatic ring is 1. The van der Waals surface area contributed by atoms with Gasteiger partial charge in [0.1, 0.15) is 18.2 Å². The molecule has 0 aliphatic heterocycles. The van der Waals surface area contributed by atoms with E-state index >= 15 is 0 Å². The number of rotatable bonds is 4. The largest absolute Gasteiger partial charge is 0.384 e. The smallest absolute Gasteiger partial charge is 0.158 e. The van der Waals surface area contributed by atoms with Gasteiger partial charge in [-0.25, -0.2) is 9.97 Å². The predicted molar refractivity (Wildman–Crippen MR) is 79.6 cm³/mol. The van der Waals surface area contributed by atoms with E-state index in [1.54, 1.807) is 13.2 Å². The molecule has 0 amide bonds. The van der Waals surface area contributed by atoms with Gasteiger partial charge in [-0.3, -0.25) is 0 Å². The fraction of sp³-hybridized carbons (Fsp3) is 0.167. The first kappa shape index (κ1) is 13.0. The van der Waals surface area contributed by atoms with Crippen molar-refractivity contribution in [2.24, 2.45) is 0 Å². The van der Waals surface area contributed by atoms with Crippen LogP contribution in [-0.4, -0.2) is 17.1 Å². The Balaban J connectivity index is 2.26. The lowest BCUT2D eigenvalue weighted by molar-refractivity contribution is 0.178. The van der Waals surface area contributed by atoms with Crippen molar-refractivity contribution in [2.75, 3.05) is 18.2 Å². The number of methoxy groups -OCH3 is 1. The number of nitrogens with zero attached hydrogens (tertiary/aromatic N) is 2. The number of hydrogen-bond acceptors (Lipinski definition) is 5. The Hall–Kier alpha value is -1.41. The van der Waals surface area contributed by atoms with E-state index in [4.69, 9.17) is 10.5 Å². The number of nitrogens with one attached hydrogen (secondary N) is 1. The van der Waals surface area contributed by atoms with Gasteiger partial charge >= 0.3 is 0 Å². The van der Waals surface area contributed by atoms with Gasteiger partial charge in [-0.05, 0) is 34.7 Å². The molecule has 18 heavy (non-hydrogen) atoms. The zero-order valence-electron chi connectivity index (χ0n) is 9.85. The maximum absolute atomic E-state index is 5.73. The highest BCUT2D eigenvalue weighted by atomic mass is 127. The zero-order valence-corrected chi connectivity index (χ0v) is 12.0. The Labute approximate surface area is 119 Å². The summed E-state index contributed by atoms with van der Waals surface area (Å²) in [6.45, 7) is 0.339. The molecule has 0 spiro atoms. The van der Waals surface area contributed by atoms with Crippen LogP contribution in [0.1, 0.15) is 5.82 Å². The third-order valence-electron chi connectivity index (χ3n) is 2.20. The third-order valence-corrected chi connectivity index (χ3v) is 3.14. The first-order chi connectivity index (χ1) is 8.69. The van der Waals surface area contributed by atoms with Gasteiger partial charge < -0.3 is 15.8 Å². The molecule has 5 nitrogen and oxygen atoms in total. The van der Waals surface area contributed by atoms with Gasteiger partial charge in [0.2, 0.25) is 0 Å². The molecule has 6 heteroatoms. The molecule has 1 aromatic heterocycles. The highest BCUT2D eigenvalue weighted by molar-refractivity contribution is 14.1. The van der Waals surface area contributed by atoms with Gasteiger partial charge in [0.25, 0.3) is 0 Å². The molecular weight excluding hydrogens is 343 g/mol. The molecule has 1 aromatic carbocycles. The van der Waals surface area contributed by atoms with Crippen molar-refractivity contribution in [3.63, 3.8) is 0 Å². The minimum absolute atomic E-state index is 0.339. The molecule has 0 bridgehead atoms. The molecule has 1 heterocycles. The molecule has 0 aliphatic rings. The summed E-state index contributed by atoms with van der Waals surface area (Å²) in [5, 5.41) is 3.22. The van der Waals surface area contributed by atoms with Crippen LogP contribution >= 0.6 is 22.6 Å². The number of ether oxygens (including phenoxy) is 1. The van der Waals surface area contributed by atoms with E-state index < -0.39 is 0 Å². The molecular formula is C12H13IN4O. The topological polar surface area (TPSA) is 73.1 Å². The lowest BCUT2D eigenvalue weighted by Gasteiger charge is -2.09. The van der Waals surface area contributed by atoms with Gasteiger partial charge in [-0.1, -0.05) is 12.1 Å². The second-order valence-corrected chi connectivity index (χ2v) is 4.79. The van der Waals surface area contributed by atoms with Crippen LogP contribution in [-0.2, 0) is 11.3 Å². The molecule has 0 fully saturated rings. The molecule has 0 aliphatic carbocycles. The Morgan fingerprint density at radius 3 is 2.83 bits per heavy atom. The van der Waals surface area contributed by atoms with Gasteiger partial charge in [0.15, 0.2) is 5.82 Å². The Morgan fingerprint density at radius 1 is 1.33 bits per heavy atom. The average Bonchev–Trinajstić information content (AvgIpc) is 2.32. The number of hydrogen-bond donors (Lipinski definition) is 2. The van der Waals surface area contributed by atoms with Crippen LogP contribution in [0, 0.1) is 3.57 Å². The van der Waals surface area contributed by atoms with E-state index in [2.05, 4.69) is 37.9 Å². The summed E-state index contributed by atoms with van der Waals surface area (Å²) in [7, 11) is 1.60. The highest BCUT2D eigenvalue weighted by Gasteiger charge is 2.04. The maximum Gasteiger partial charge on any atom is 0.158 e. The summed E-state index contributed by atoms with van der Waals surface area (Å²) in [6, 6.07) is 9.64. The predicted octanol–water partition coefficient (Wildman–Crippen LogP) is 2.55. The molecule has 0 saturated heterocycles. The number of para-hydroxylation sites is 1. The van der Waals surface area contributed by atoms with Crippen LogP contribution in [0.2, 0.25) is 0 Å². The second kappa shape index (κ2) is 5.96. The maximum atomic E-state index is 5.73. The van der Waals surface area contributed by atoms with Gasteiger partial charge in [-0.15, -0.1) is 0 Å². The highest BCUT2D eigenvalue weighted by Crippen LogP contribution is 2.21. The molecule has 2 aromatic rings. The summed E-state index contributed by atoms with van der Waals surface area (Å²) in [5.74, 6) is 1.65. The number of halogens is 1. The van der Waals surface area contributed by atoms with Crippen molar-refractivity contribution < 1.29 is 4.74 Å². The van der Waals surface area contributed by atoms with Crippen LogP contribution in [0.3, 0.4) is 0 Å². The first-order valence-corrected chi connectivity index (χ1v) is 6.41. The van der Waals surface area contributed by atoms with E-state index in [1.165, 1.54) is 0 Å². The van der Waals surface area contributed by atoms with Crippen LogP contribution in [0.25, 0.3) is 0 Å². The number of aromatic nitrogens is 2. The summed E-state index contributed by atoms with van der Waals surface area (Å²) in [6.07, 6.45) is 0. The van der Waals surface area contributed by atoms with Crippen molar-refractivity contribution in [3.8, 4) is 0 Å². The molecule has 94 valence electrons. The Bertz CT molecular complexity index is 547. The fourth-order valence-electron chi connectivity index (χ4n) is 1.48. The lowest BCUT2D eigenvalue weighted by atomic mass is 10.3. The minimum atomic E-state index is 0.339. The van der Waals surface area contributed by atoms with E-state index in [9.17, 15) is 0 Å². The molecule has 0 saturated carbocycles. The van der Waals surface area contributed by atoms with E-state index in [-0.39, 0.29) is 0 Å². The van der Waals surface area contributed by atoms with Gasteiger partial charge in [-0.2, -0.15) is 0 Å². The number of benzene rings is 1. The SMILES string of the molecule is COCc1nc(N)cc(Nc2ccccc2I)n1. The van der Waals surface area contributed by atoms with Crippen LogP contribution < -0.4 is 11.1 Å². The van der Waals surface area contributed by atoms with E-state index in [0.29, 0.717) is 24.1 Å². The third kappa shape index (κ3) is 3.30. The quantitative estimate of drug-likeness (QED) is 0.824. The standard InChI is InChI=1S/C12H13IN4O/c1-18-7-12-16-10(14)6-11(17-12)15-9-5-3-2-4-8(9)13/h2-6H,7H2,1H3,(H3,14,15,16,17). The van der Waals surface area contributed by atoms with Crippen LogP contribution in [0.4, 0.5) is 17.3 Å². The van der Waals surface area contributed by atoms with Gasteiger partial charge in [0.05, 0.1) is 5.69 Å². The van der Waals surface area contributed by atoms with Crippen molar-refractivity contribution in [1.82, 2.24) is 9.97 Å². The average molecular weight is 356 g/mol. The van der Waals surface area contributed by atoms with Crippen molar-refractivity contribution in [3.05, 3.63) is 39.7 Å². The first-order valence-electron chi connectivity index (χ1n) is 5.33. The second-order valence-electron chi connectivity index (χ2n) is 3.63. The molecule has 2 rings (SSSR count). The van der Waals surface area contributed by atoms with E-state index in [1.807, 2.05) is 24.3 Å². The molecule has 3 N–H and O–H groups in total. The van der Waals surface area contributed by atoms with Crippen molar-refractivity contribution in [1.29, 1.82) is 0 Å². The zero-order chi connectivity index (χ0) is 13.0. The normalized spacial score (nSPS) is 10.3. The fourth-order valence-corrected chi connectivity index (χ4v) is 2.00. The summed E-state index contributed by atoms with van der Waals surface area (Å²) >= 11 is 2.26. The summed E-state index contributed by atoms with van der Waals surface area (Å²) in [4.78, 5) is 8.42. The van der Waals surface area contributed by atoms with Crippen molar-refractivity contribution >= 4 is 39.9 Å².